The van der Waals surface area contributed by atoms with Gasteiger partial charge >= 0.3 is 0 Å². The van der Waals surface area contributed by atoms with E-state index >= 15 is 0 Å². The third-order valence-electron chi connectivity index (χ3n) is 3.52. The van der Waals surface area contributed by atoms with Crippen LogP contribution in [0.4, 0.5) is 0 Å². The van der Waals surface area contributed by atoms with Crippen LogP contribution in [-0.2, 0) is 0 Å². The Balaban J connectivity index is 1.99. The molecule has 1 aromatic carbocycles. The maximum Gasteiger partial charge on any atom is 0.282 e. The molecule has 0 aliphatic carbocycles. The second-order valence-corrected chi connectivity index (χ2v) is 6.08. The zero-order valence-corrected chi connectivity index (χ0v) is 13.3. The van der Waals surface area contributed by atoms with Gasteiger partial charge in [-0.15, -0.1) is 11.3 Å². The lowest BCUT2D eigenvalue weighted by Gasteiger charge is -2.00. The zero-order chi connectivity index (χ0) is 15.7. The molecule has 0 bridgehead atoms. The molecule has 3 rings (SSSR count). The molecule has 5 nitrogen and oxygen atoms in total. The zero-order valence-electron chi connectivity index (χ0n) is 12.5. The number of fused-ring (bicyclic) bond motifs is 1. The molecule has 2 aromatic heterocycles. The number of aromatic nitrogens is 2. The molecule has 0 atom stereocenters. The smallest absolute Gasteiger partial charge is 0.282 e. The van der Waals surface area contributed by atoms with E-state index in [4.69, 9.17) is 4.74 Å². The SMILES string of the molecule is COc1ccc(/C=N/n2cnc3sc(C)c(C)c3c2=O)cc1. The Kier molecular flexibility index (Phi) is 3.77. The van der Waals surface area contributed by atoms with Crippen molar-refractivity contribution in [2.24, 2.45) is 5.10 Å². The van der Waals surface area contributed by atoms with Gasteiger partial charge < -0.3 is 4.74 Å². The van der Waals surface area contributed by atoms with E-state index in [1.165, 1.54) is 22.3 Å². The van der Waals surface area contributed by atoms with Crippen molar-refractivity contribution in [3.63, 3.8) is 0 Å². The minimum atomic E-state index is -0.142. The van der Waals surface area contributed by atoms with Gasteiger partial charge in [0.1, 0.15) is 16.9 Å². The molecule has 0 spiro atoms. The van der Waals surface area contributed by atoms with Gasteiger partial charge in [-0.2, -0.15) is 9.78 Å². The summed E-state index contributed by atoms with van der Waals surface area (Å²) < 4.78 is 6.38. The van der Waals surface area contributed by atoms with E-state index in [-0.39, 0.29) is 5.56 Å². The van der Waals surface area contributed by atoms with Crippen molar-refractivity contribution in [1.82, 2.24) is 9.66 Å². The molecule has 0 saturated heterocycles. The minimum absolute atomic E-state index is 0.142. The number of hydrogen-bond acceptors (Lipinski definition) is 5. The highest BCUT2D eigenvalue weighted by Gasteiger charge is 2.11. The normalized spacial score (nSPS) is 11.4. The molecule has 0 saturated carbocycles. The number of benzene rings is 1. The summed E-state index contributed by atoms with van der Waals surface area (Å²) in [4.78, 5) is 18.7. The molecule has 6 heteroatoms. The second-order valence-electron chi connectivity index (χ2n) is 4.88. The number of methoxy groups -OCH3 is 1. The van der Waals surface area contributed by atoms with Crippen LogP contribution in [0.3, 0.4) is 0 Å². The van der Waals surface area contributed by atoms with Crippen molar-refractivity contribution in [1.29, 1.82) is 0 Å². The van der Waals surface area contributed by atoms with Gasteiger partial charge in [0.25, 0.3) is 5.56 Å². The standard InChI is InChI=1S/C16H15N3O2S/c1-10-11(2)22-15-14(10)16(20)19(9-17-15)18-8-12-4-6-13(21-3)7-5-12/h4-9H,1-3H3/b18-8+. The molecule has 0 fully saturated rings. The first-order valence-corrected chi connectivity index (χ1v) is 7.57. The van der Waals surface area contributed by atoms with E-state index in [9.17, 15) is 4.79 Å². The van der Waals surface area contributed by atoms with Gasteiger partial charge in [-0.25, -0.2) is 4.98 Å². The molecule has 0 aliphatic heterocycles. The van der Waals surface area contributed by atoms with Crippen LogP contribution in [0.2, 0.25) is 0 Å². The molecule has 2 heterocycles. The van der Waals surface area contributed by atoms with Crippen LogP contribution in [0.25, 0.3) is 10.2 Å². The highest BCUT2D eigenvalue weighted by atomic mass is 32.1. The number of nitrogens with zero attached hydrogens (tertiary/aromatic N) is 3. The molecule has 0 amide bonds. The topological polar surface area (TPSA) is 56.5 Å². The van der Waals surface area contributed by atoms with Crippen LogP contribution in [0, 0.1) is 13.8 Å². The molecule has 0 unspecified atom stereocenters. The van der Waals surface area contributed by atoms with Crippen LogP contribution < -0.4 is 10.3 Å². The summed E-state index contributed by atoms with van der Waals surface area (Å²) in [5, 5.41) is 4.86. The summed E-state index contributed by atoms with van der Waals surface area (Å²) in [5.74, 6) is 0.779. The lowest BCUT2D eigenvalue weighted by atomic mass is 10.2. The largest absolute Gasteiger partial charge is 0.497 e. The number of hydrogen-bond donors (Lipinski definition) is 0. The fraction of sp³-hybridized carbons (Fsp3) is 0.188. The fourth-order valence-electron chi connectivity index (χ4n) is 2.13. The summed E-state index contributed by atoms with van der Waals surface area (Å²) >= 11 is 1.53. The quantitative estimate of drug-likeness (QED) is 0.699. The van der Waals surface area contributed by atoms with Crippen LogP contribution in [0.1, 0.15) is 16.0 Å². The average Bonchev–Trinajstić information content (AvgIpc) is 2.83. The molecule has 112 valence electrons. The lowest BCUT2D eigenvalue weighted by molar-refractivity contribution is 0.415. The van der Waals surface area contributed by atoms with E-state index in [0.29, 0.717) is 5.39 Å². The lowest BCUT2D eigenvalue weighted by Crippen LogP contribution is -2.16. The van der Waals surface area contributed by atoms with Gasteiger partial charge in [-0.1, -0.05) is 0 Å². The predicted octanol–water partition coefficient (Wildman–Crippen LogP) is 2.97. The van der Waals surface area contributed by atoms with Crippen LogP contribution >= 0.6 is 11.3 Å². The van der Waals surface area contributed by atoms with E-state index < -0.39 is 0 Å². The highest BCUT2D eigenvalue weighted by molar-refractivity contribution is 7.18. The predicted molar refractivity (Wildman–Crippen MR) is 89.3 cm³/mol. The van der Waals surface area contributed by atoms with Gasteiger partial charge in [-0.05, 0) is 49.2 Å². The maximum atomic E-state index is 12.5. The second kappa shape index (κ2) is 5.73. The average molecular weight is 313 g/mol. The molecular formula is C16H15N3O2S. The Morgan fingerprint density at radius 3 is 2.68 bits per heavy atom. The monoisotopic (exact) mass is 313 g/mol. The Labute approximate surface area is 131 Å². The summed E-state index contributed by atoms with van der Waals surface area (Å²) in [5.41, 5.74) is 1.72. The summed E-state index contributed by atoms with van der Waals surface area (Å²) in [6.45, 7) is 3.93. The van der Waals surface area contributed by atoms with Gasteiger partial charge in [0, 0.05) is 4.88 Å². The summed E-state index contributed by atoms with van der Waals surface area (Å²) in [6.07, 6.45) is 3.09. The Bertz CT molecular complexity index is 908. The van der Waals surface area contributed by atoms with Crippen LogP contribution in [0.5, 0.6) is 5.75 Å². The third-order valence-corrected chi connectivity index (χ3v) is 4.64. The maximum absolute atomic E-state index is 12.5. The van der Waals surface area contributed by atoms with E-state index in [1.54, 1.807) is 13.3 Å². The molecule has 0 radical (unpaired) electrons. The molecular weight excluding hydrogens is 298 g/mol. The summed E-state index contributed by atoms with van der Waals surface area (Å²) in [6, 6.07) is 7.44. The van der Waals surface area contributed by atoms with Crippen molar-refractivity contribution < 1.29 is 4.74 Å². The fourth-order valence-corrected chi connectivity index (χ4v) is 3.11. The van der Waals surface area contributed by atoms with Crippen molar-refractivity contribution in [3.8, 4) is 5.75 Å². The molecule has 22 heavy (non-hydrogen) atoms. The Hall–Kier alpha value is -2.47. The van der Waals surface area contributed by atoms with Crippen molar-refractivity contribution >= 4 is 27.8 Å². The van der Waals surface area contributed by atoms with Gasteiger partial charge in [0.2, 0.25) is 0 Å². The van der Waals surface area contributed by atoms with Crippen LogP contribution in [0.15, 0.2) is 40.5 Å². The number of aryl methyl sites for hydroxylation is 2. The number of thiophene rings is 1. The number of rotatable bonds is 3. The summed E-state index contributed by atoms with van der Waals surface area (Å²) in [7, 11) is 1.62. The molecule has 0 aliphatic rings. The van der Waals surface area contributed by atoms with Gasteiger partial charge in [0.05, 0.1) is 18.7 Å². The third kappa shape index (κ3) is 2.53. The first-order valence-electron chi connectivity index (χ1n) is 6.76. The first-order chi connectivity index (χ1) is 10.6. The highest BCUT2D eigenvalue weighted by Crippen LogP contribution is 2.25. The minimum Gasteiger partial charge on any atom is -0.497 e. The van der Waals surface area contributed by atoms with Crippen molar-refractivity contribution in [2.75, 3.05) is 7.11 Å². The molecule has 0 N–H and O–H groups in total. The van der Waals surface area contributed by atoms with Gasteiger partial charge in [0.15, 0.2) is 0 Å². The van der Waals surface area contributed by atoms with Crippen LogP contribution in [-0.4, -0.2) is 23.0 Å². The molecule has 3 aromatic rings. The van der Waals surface area contributed by atoms with E-state index in [0.717, 1.165) is 26.6 Å². The van der Waals surface area contributed by atoms with Crippen molar-refractivity contribution in [3.05, 3.63) is 57.0 Å². The van der Waals surface area contributed by atoms with E-state index in [1.807, 2.05) is 38.1 Å². The Morgan fingerprint density at radius 1 is 1.27 bits per heavy atom. The van der Waals surface area contributed by atoms with Crippen molar-refractivity contribution in [2.45, 2.75) is 13.8 Å². The number of ether oxygens (including phenoxy) is 1. The van der Waals surface area contributed by atoms with E-state index in [2.05, 4.69) is 10.1 Å². The Morgan fingerprint density at radius 2 is 2.00 bits per heavy atom. The first kappa shape index (κ1) is 14.5. The van der Waals surface area contributed by atoms with Gasteiger partial charge in [-0.3, -0.25) is 4.79 Å².